The second-order valence-corrected chi connectivity index (χ2v) is 6.64. The van der Waals surface area contributed by atoms with Crippen LogP contribution in [0.25, 0.3) is 5.52 Å². The number of nitrogens with zero attached hydrogens (tertiary/aromatic N) is 1. The molecule has 140 valence electrons. The minimum absolute atomic E-state index is 0.444. The molecule has 0 saturated carbocycles. The Morgan fingerprint density at radius 2 is 1.57 bits per heavy atom. The van der Waals surface area contributed by atoms with Crippen molar-refractivity contribution in [2.24, 2.45) is 0 Å². The van der Waals surface area contributed by atoms with Crippen LogP contribution in [0.3, 0.4) is 0 Å². The van der Waals surface area contributed by atoms with Gasteiger partial charge in [-0.15, -0.1) is 0 Å². The molecule has 4 rings (SSSR count). The molecular formula is C24H21NO3. The molecule has 0 aliphatic carbocycles. The molecule has 28 heavy (non-hydrogen) atoms. The van der Waals surface area contributed by atoms with Crippen molar-refractivity contribution in [3.05, 3.63) is 101 Å². The van der Waals surface area contributed by atoms with E-state index >= 15 is 0 Å². The summed E-state index contributed by atoms with van der Waals surface area (Å²) < 4.78 is 13.5. The van der Waals surface area contributed by atoms with Gasteiger partial charge in [0.1, 0.15) is 17.9 Å². The van der Waals surface area contributed by atoms with Crippen LogP contribution in [0, 0.1) is 6.92 Å². The zero-order valence-corrected chi connectivity index (χ0v) is 15.7. The van der Waals surface area contributed by atoms with Gasteiger partial charge in [-0.2, -0.15) is 0 Å². The van der Waals surface area contributed by atoms with Crippen LogP contribution in [0.1, 0.15) is 22.4 Å². The van der Waals surface area contributed by atoms with Crippen LogP contribution < -0.4 is 9.47 Å². The third kappa shape index (κ3) is 3.49. The molecule has 2 heterocycles. The Bertz CT molecular complexity index is 1090. The van der Waals surface area contributed by atoms with Crippen molar-refractivity contribution in [2.75, 3.05) is 0 Å². The van der Waals surface area contributed by atoms with Gasteiger partial charge in [0.25, 0.3) is 6.47 Å². The zero-order valence-electron chi connectivity index (χ0n) is 15.7. The summed E-state index contributed by atoms with van der Waals surface area (Å²) in [5.41, 5.74) is 5.05. The average Bonchev–Trinajstić information content (AvgIpc) is 3.00. The van der Waals surface area contributed by atoms with Gasteiger partial charge in [-0.25, -0.2) is 0 Å². The first kappa shape index (κ1) is 17.9. The minimum atomic E-state index is 0.444. The van der Waals surface area contributed by atoms with E-state index in [0.717, 1.165) is 28.8 Å². The minimum Gasteiger partial charge on any atom is -0.487 e. The highest BCUT2D eigenvalue weighted by Crippen LogP contribution is 2.37. The molecule has 2 aromatic heterocycles. The van der Waals surface area contributed by atoms with Gasteiger partial charge in [0, 0.05) is 23.9 Å². The summed E-state index contributed by atoms with van der Waals surface area (Å²) in [6.45, 7) is 2.90. The molecule has 4 heteroatoms. The Morgan fingerprint density at radius 1 is 0.893 bits per heavy atom. The fraction of sp³-hybridized carbons (Fsp3) is 0.125. The average molecular weight is 371 g/mol. The second kappa shape index (κ2) is 8.01. The number of hydrogen-bond donors (Lipinski definition) is 0. The number of ether oxygens (including phenoxy) is 2. The second-order valence-electron chi connectivity index (χ2n) is 6.64. The maximum Gasteiger partial charge on any atom is 0.298 e. The highest BCUT2D eigenvalue weighted by molar-refractivity contribution is 5.76. The fourth-order valence-electron chi connectivity index (χ4n) is 3.48. The maximum atomic E-state index is 11.2. The molecule has 2 aromatic carbocycles. The first-order valence-corrected chi connectivity index (χ1v) is 9.21. The predicted octanol–water partition coefficient (Wildman–Crippen LogP) is 4.95. The van der Waals surface area contributed by atoms with Gasteiger partial charge in [0.15, 0.2) is 5.75 Å². The summed E-state index contributed by atoms with van der Waals surface area (Å²) in [5.74, 6) is 1.23. The molecular weight excluding hydrogens is 350 g/mol. The van der Waals surface area contributed by atoms with Gasteiger partial charge in [0.05, 0.1) is 0 Å². The van der Waals surface area contributed by atoms with Gasteiger partial charge in [0.2, 0.25) is 0 Å². The number of fused-ring (bicyclic) bond motifs is 1. The normalized spacial score (nSPS) is 10.8. The van der Waals surface area contributed by atoms with Gasteiger partial charge >= 0.3 is 0 Å². The van der Waals surface area contributed by atoms with Gasteiger partial charge in [-0.05, 0) is 30.2 Å². The van der Waals surface area contributed by atoms with Crippen LogP contribution in [0.15, 0.2) is 79.0 Å². The van der Waals surface area contributed by atoms with E-state index in [1.54, 1.807) is 0 Å². The Balaban J connectivity index is 1.77. The maximum absolute atomic E-state index is 11.2. The summed E-state index contributed by atoms with van der Waals surface area (Å²) in [6, 6.07) is 24.1. The lowest BCUT2D eigenvalue weighted by atomic mass is 10.1. The molecule has 0 fully saturated rings. The van der Waals surface area contributed by atoms with Crippen LogP contribution in [0.2, 0.25) is 0 Å². The molecule has 0 saturated heterocycles. The molecule has 4 aromatic rings. The quantitative estimate of drug-likeness (QED) is 0.432. The first-order valence-electron chi connectivity index (χ1n) is 9.21. The van der Waals surface area contributed by atoms with E-state index in [-0.39, 0.29) is 0 Å². The van der Waals surface area contributed by atoms with Crippen molar-refractivity contribution in [1.82, 2.24) is 4.40 Å². The molecule has 0 bridgehead atoms. The first-order chi connectivity index (χ1) is 13.8. The van der Waals surface area contributed by atoms with E-state index in [2.05, 4.69) is 16.5 Å². The van der Waals surface area contributed by atoms with Crippen molar-refractivity contribution in [3.63, 3.8) is 0 Å². The predicted molar refractivity (Wildman–Crippen MR) is 109 cm³/mol. The van der Waals surface area contributed by atoms with E-state index in [1.807, 2.05) is 73.8 Å². The molecule has 0 N–H and O–H groups in total. The van der Waals surface area contributed by atoms with E-state index in [4.69, 9.17) is 9.47 Å². The Labute approximate surface area is 164 Å². The third-order valence-electron chi connectivity index (χ3n) is 4.85. The van der Waals surface area contributed by atoms with Crippen LogP contribution in [0.5, 0.6) is 11.5 Å². The molecule has 0 amide bonds. The van der Waals surface area contributed by atoms with Crippen molar-refractivity contribution in [1.29, 1.82) is 0 Å². The number of carbonyl (C=O) groups excluding carboxylic acids is 1. The zero-order chi connectivity index (χ0) is 19.3. The van der Waals surface area contributed by atoms with Gasteiger partial charge in [-0.1, -0.05) is 60.7 Å². The monoisotopic (exact) mass is 371 g/mol. The summed E-state index contributed by atoms with van der Waals surface area (Å²) in [7, 11) is 0. The van der Waals surface area contributed by atoms with E-state index < -0.39 is 0 Å². The molecule has 4 nitrogen and oxygen atoms in total. The SMILES string of the molecule is Cc1c(OC=O)c2c(OCc3ccccc3)cccn2c1Cc1ccccc1. The van der Waals surface area contributed by atoms with E-state index in [1.165, 1.54) is 5.56 Å². The summed E-state index contributed by atoms with van der Waals surface area (Å²) >= 11 is 0. The summed E-state index contributed by atoms with van der Waals surface area (Å²) in [4.78, 5) is 11.2. The van der Waals surface area contributed by atoms with Crippen molar-refractivity contribution in [3.8, 4) is 11.5 Å². The molecule has 0 aliphatic rings. The molecule has 0 spiro atoms. The highest BCUT2D eigenvalue weighted by atomic mass is 16.5. The molecule has 0 atom stereocenters. The number of aromatic nitrogens is 1. The molecule has 0 unspecified atom stereocenters. The third-order valence-corrected chi connectivity index (χ3v) is 4.85. The van der Waals surface area contributed by atoms with Crippen LogP contribution in [0.4, 0.5) is 0 Å². The number of benzene rings is 2. The number of hydrogen-bond acceptors (Lipinski definition) is 3. The van der Waals surface area contributed by atoms with Gasteiger partial charge in [-0.3, -0.25) is 4.79 Å². The summed E-state index contributed by atoms with van der Waals surface area (Å²) in [6.07, 6.45) is 2.71. The Hall–Kier alpha value is -3.53. The fourth-order valence-corrected chi connectivity index (χ4v) is 3.48. The highest BCUT2D eigenvalue weighted by Gasteiger charge is 2.20. The van der Waals surface area contributed by atoms with Gasteiger partial charge < -0.3 is 13.9 Å². The van der Waals surface area contributed by atoms with Crippen molar-refractivity contribution in [2.45, 2.75) is 20.0 Å². The van der Waals surface area contributed by atoms with E-state index in [9.17, 15) is 4.79 Å². The van der Waals surface area contributed by atoms with Crippen molar-refractivity contribution >= 4 is 12.0 Å². The van der Waals surface area contributed by atoms with Crippen LogP contribution >= 0.6 is 0 Å². The lowest BCUT2D eigenvalue weighted by Gasteiger charge is -2.10. The number of pyridine rings is 1. The van der Waals surface area contributed by atoms with Crippen molar-refractivity contribution < 1.29 is 14.3 Å². The largest absolute Gasteiger partial charge is 0.487 e. The van der Waals surface area contributed by atoms with Crippen LogP contribution in [-0.4, -0.2) is 10.9 Å². The standard InChI is InChI=1S/C24H21NO3/c1-18-21(15-19-9-4-2-5-10-19)25-14-8-13-22(23(25)24(18)28-17-26)27-16-20-11-6-3-7-12-20/h2-14,17H,15-16H2,1H3. The lowest BCUT2D eigenvalue weighted by molar-refractivity contribution is -0.120. The van der Waals surface area contributed by atoms with E-state index in [0.29, 0.717) is 24.6 Å². The molecule has 0 aliphatic heterocycles. The summed E-state index contributed by atoms with van der Waals surface area (Å²) in [5, 5.41) is 0. The Morgan fingerprint density at radius 3 is 2.25 bits per heavy atom. The Kier molecular flexibility index (Phi) is 5.11. The number of rotatable bonds is 7. The smallest absolute Gasteiger partial charge is 0.298 e. The topological polar surface area (TPSA) is 39.9 Å². The van der Waals surface area contributed by atoms with Crippen LogP contribution in [-0.2, 0) is 17.8 Å². The number of carbonyl (C=O) groups is 1. The lowest BCUT2D eigenvalue weighted by Crippen LogP contribution is -1.99. The molecule has 0 radical (unpaired) electrons.